The highest BCUT2D eigenvalue weighted by atomic mass is 16.1. The lowest BCUT2D eigenvalue weighted by Gasteiger charge is -1.99. The van der Waals surface area contributed by atoms with E-state index in [2.05, 4.69) is 10.2 Å². The van der Waals surface area contributed by atoms with Gasteiger partial charge in [0.1, 0.15) is 5.69 Å². The van der Waals surface area contributed by atoms with Crippen LogP contribution < -0.4 is 5.43 Å². The van der Waals surface area contributed by atoms with Crippen molar-refractivity contribution in [2.24, 2.45) is 0 Å². The Kier molecular flexibility index (Phi) is 2.31. The summed E-state index contributed by atoms with van der Waals surface area (Å²) in [5.74, 6) is 0. The number of benzene rings is 1. The van der Waals surface area contributed by atoms with E-state index in [1.165, 1.54) is 0 Å². The summed E-state index contributed by atoms with van der Waals surface area (Å²) in [5, 5.41) is 7.68. The molecule has 0 aliphatic carbocycles. The highest BCUT2D eigenvalue weighted by Gasteiger charge is 2.04. The van der Waals surface area contributed by atoms with Crippen LogP contribution in [-0.2, 0) is 6.42 Å². The van der Waals surface area contributed by atoms with Crippen molar-refractivity contribution in [3.8, 4) is 0 Å². The Labute approximate surface area is 81.8 Å². The predicted octanol–water partition coefficient (Wildman–Crippen LogP) is 1.88. The summed E-state index contributed by atoms with van der Waals surface area (Å²) < 4.78 is 0. The monoisotopic (exact) mass is 188 g/mol. The fourth-order valence-electron chi connectivity index (χ4n) is 1.52. The molecule has 0 spiro atoms. The van der Waals surface area contributed by atoms with Gasteiger partial charge in [0.25, 0.3) is 0 Å². The van der Waals surface area contributed by atoms with E-state index in [-0.39, 0.29) is 5.43 Å². The Morgan fingerprint density at radius 1 is 1.36 bits per heavy atom. The third-order valence-electron chi connectivity index (χ3n) is 2.23. The van der Waals surface area contributed by atoms with Crippen LogP contribution in [0.4, 0.5) is 0 Å². The van der Waals surface area contributed by atoms with Crippen LogP contribution >= 0.6 is 0 Å². The van der Waals surface area contributed by atoms with Crippen molar-refractivity contribution in [1.29, 1.82) is 0 Å². The molecule has 2 aromatic rings. The number of nitrogens with zero attached hydrogens (tertiary/aromatic N) is 1. The van der Waals surface area contributed by atoms with Crippen LogP contribution in [-0.4, -0.2) is 10.2 Å². The third kappa shape index (κ3) is 1.41. The molecule has 0 aliphatic rings. The molecule has 72 valence electrons. The van der Waals surface area contributed by atoms with E-state index in [9.17, 15) is 4.79 Å². The summed E-state index contributed by atoms with van der Waals surface area (Å²) in [6.45, 7) is 2.04. The van der Waals surface area contributed by atoms with Crippen LogP contribution in [0.5, 0.6) is 0 Å². The number of hydrogen-bond donors (Lipinski definition) is 1. The minimum absolute atomic E-state index is 0.0567. The van der Waals surface area contributed by atoms with Gasteiger partial charge in [0.2, 0.25) is 5.43 Å². The number of rotatable bonds is 2. The summed E-state index contributed by atoms with van der Waals surface area (Å²) in [6, 6.07) is 7.45. The summed E-state index contributed by atoms with van der Waals surface area (Å²) in [5.41, 5.74) is 1.49. The number of aromatic amines is 1. The molecule has 0 saturated heterocycles. The van der Waals surface area contributed by atoms with Crippen molar-refractivity contribution in [3.05, 3.63) is 40.2 Å². The molecule has 2 rings (SSSR count). The van der Waals surface area contributed by atoms with Crippen LogP contribution in [0.2, 0.25) is 0 Å². The number of para-hydroxylation sites is 1. The lowest BCUT2D eigenvalue weighted by Crippen LogP contribution is -2.12. The normalized spacial score (nSPS) is 10.6. The van der Waals surface area contributed by atoms with Crippen LogP contribution in [0.15, 0.2) is 29.1 Å². The Bertz CT molecular complexity index is 502. The average Bonchev–Trinajstić information content (AvgIpc) is 2.23. The first-order valence-electron chi connectivity index (χ1n) is 4.79. The Balaban J connectivity index is 2.69. The number of hydrogen-bond acceptors (Lipinski definition) is 2. The molecule has 1 aromatic carbocycles. The molecule has 0 radical (unpaired) electrons. The van der Waals surface area contributed by atoms with Gasteiger partial charge < -0.3 is 0 Å². The molecule has 1 heterocycles. The average molecular weight is 188 g/mol. The van der Waals surface area contributed by atoms with Crippen LogP contribution in [0.25, 0.3) is 10.9 Å². The van der Waals surface area contributed by atoms with Crippen molar-refractivity contribution < 1.29 is 0 Å². The van der Waals surface area contributed by atoms with Gasteiger partial charge in [0.05, 0.1) is 5.52 Å². The van der Waals surface area contributed by atoms with Crippen molar-refractivity contribution in [3.63, 3.8) is 0 Å². The predicted molar refractivity (Wildman–Crippen MR) is 56.4 cm³/mol. The Morgan fingerprint density at radius 2 is 2.14 bits per heavy atom. The van der Waals surface area contributed by atoms with E-state index >= 15 is 0 Å². The van der Waals surface area contributed by atoms with Crippen molar-refractivity contribution >= 4 is 10.9 Å². The van der Waals surface area contributed by atoms with Gasteiger partial charge in [-0.1, -0.05) is 25.5 Å². The van der Waals surface area contributed by atoms with Gasteiger partial charge in [-0.05, 0) is 18.6 Å². The molecule has 0 bridgehead atoms. The molecule has 1 aromatic heterocycles. The Morgan fingerprint density at radius 3 is 2.93 bits per heavy atom. The smallest absolute Gasteiger partial charge is 0.211 e. The molecule has 3 nitrogen and oxygen atoms in total. The van der Waals surface area contributed by atoms with Crippen LogP contribution in [0, 0.1) is 0 Å². The van der Waals surface area contributed by atoms with Gasteiger partial charge in [-0.25, -0.2) is 0 Å². The molecule has 0 unspecified atom stereocenters. The van der Waals surface area contributed by atoms with Crippen LogP contribution in [0.3, 0.4) is 0 Å². The molecule has 0 saturated carbocycles. The highest BCUT2D eigenvalue weighted by Crippen LogP contribution is 2.05. The maximum atomic E-state index is 11.8. The zero-order valence-electron chi connectivity index (χ0n) is 8.08. The second-order valence-electron chi connectivity index (χ2n) is 3.30. The molecule has 0 atom stereocenters. The molecule has 0 amide bonds. The molecular weight excluding hydrogens is 176 g/mol. The third-order valence-corrected chi connectivity index (χ3v) is 2.23. The van der Waals surface area contributed by atoms with Gasteiger partial charge >= 0.3 is 0 Å². The molecule has 14 heavy (non-hydrogen) atoms. The van der Waals surface area contributed by atoms with Gasteiger partial charge in [-0.3, -0.25) is 9.89 Å². The largest absolute Gasteiger partial charge is 0.287 e. The van der Waals surface area contributed by atoms with E-state index in [1.54, 1.807) is 0 Å². The first kappa shape index (κ1) is 8.94. The first-order valence-corrected chi connectivity index (χ1v) is 4.79. The second-order valence-corrected chi connectivity index (χ2v) is 3.30. The minimum atomic E-state index is 0.0567. The molecule has 0 aliphatic heterocycles. The van der Waals surface area contributed by atoms with Gasteiger partial charge in [0.15, 0.2) is 0 Å². The summed E-state index contributed by atoms with van der Waals surface area (Å²) in [4.78, 5) is 11.8. The van der Waals surface area contributed by atoms with E-state index in [0.29, 0.717) is 5.69 Å². The summed E-state index contributed by atoms with van der Waals surface area (Å²) in [7, 11) is 0. The van der Waals surface area contributed by atoms with Crippen molar-refractivity contribution in [2.75, 3.05) is 0 Å². The second kappa shape index (κ2) is 3.62. The Hall–Kier alpha value is -1.64. The maximum Gasteiger partial charge on any atom is 0.211 e. The maximum absolute atomic E-state index is 11.8. The van der Waals surface area contributed by atoms with Gasteiger partial charge in [-0.15, -0.1) is 0 Å². The number of nitrogens with one attached hydrogen (secondary N) is 1. The summed E-state index contributed by atoms with van der Waals surface area (Å²) in [6.07, 6.45) is 1.68. The fourth-order valence-corrected chi connectivity index (χ4v) is 1.52. The zero-order chi connectivity index (χ0) is 9.97. The fraction of sp³-hybridized carbons (Fsp3) is 0.273. The topological polar surface area (TPSA) is 45.8 Å². The van der Waals surface area contributed by atoms with Gasteiger partial charge in [-0.2, -0.15) is 5.10 Å². The number of H-pyrrole nitrogens is 1. The lowest BCUT2D eigenvalue weighted by molar-refractivity contribution is 0.840. The molecule has 1 N–H and O–H groups in total. The van der Waals surface area contributed by atoms with E-state index in [4.69, 9.17) is 0 Å². The lowest BCUT2D eigenvalue weighted by atomic mass is 10.1. The first-order chi connectivity index (χ1) is 6.83. The number of fused-ring (bicyclic) bond motifs is 1. The SMILES string of the molecule is CCCc1n[nH]c2ccccc2c1=O. The van der Waals surface area contributed by atoms with Gasteiger partial charge in [0, 0.05) is 5.39 Å². The van der Waals surface area contributed by atoms with Crippen molar-refractivity contribution in [2.45, 2.75) is 19.8 Å². The van der Waals surface area contributed by atoms with E-state index < -0.39 is 0 Å². The highest BCUT2D eigenvalue weighted by molar-refractivity contribution is 5.77. The van der Waals surface area contributed by atoms with Crippen molar-refractivity contribution in [1.82, 2.24) is 10.2 Å². The minimum Gasteiger partial charge on any atom is -0.287 e. The summed E-state index contributed by atoms with van der Waals surface area (Å²) >= 11 is 0. The van der Waals surface area contributed by atoms with E-state index in [0.717, 1.165) is 23.7 Å². The quantitative estimate of drug-likeness (QED) is 0.782. The standard InChI is InChI=1S/C11H12N2O/c1-2-5-10-11(14)8-6-3-4-7-9(8)12-13-10/h3-4,6-7H,2,5H2,1H3,(H,12,14). The number of aryl methyl sites for hydroxylation is 1. The number of aromatic nitrogens is 2. The molecule has 0 fully saturated rings. The molecular formula is C11H12N2O. The zero-order valence-corrected chi connectivity index (χ0v) is 8.08. The van der Waals surface area contributed by atoms with E-state index in [1.807, 2.05) is 31.2 Å². The van der Waals surface area contributed by atoms with Crippen LogP contribution in [0.1, 0.15) is 19.0 Å². The molecule has 3 heteroatoms.